The molecule has 6 amide bonds. The largest absolute Gasteiger partial charge is 0.497 e. The van der Waals surface area contributed by atoms with Gasteiger partial charge in [0.05, 0.1) is 29.8 Å². The molecule has 0 spiro atoms. The van der Waals surface area contributed by atoms with Crippen LogP contribution in [0.25, 0.3) is 22.2 Å². The van der Waals surface area contributed by atoms with Gasteiger partial charge in [0.15, 0.2) is 0 Å². The first-order valence-corrected chi connectivity index (χ1v) is 23.6. The SMILES string of the molecule is CCCC(NC(=O)C1CC(Oc2cc(-c3ccccc3)nc3cc(OC)ccc23)CN1C(=O)NC(C(=O)NC(C)(C(N)=O)C1CCCCC1)C(C)(C)C)C(=O)NS(=O)(=O)c1ccccc1. The number of sulfonamides is 1. The molecule has 1 saturated heterocycles. The number of hydrogen-bond acceptors (Lipinski definition) is 10. The number of ether oxygens (including phenoxy) is 2. The second-order valence-electron chi connectivity index (χ2n) is 18.2. The third-order valence-corrected chi connectivity index (χ3v) is 13.7. The number of pyridine rings is 1. The third-order valence-electron chi connectivity index (χ3n) is 12.4. The van der Waals surface area contributed by atoms with E-state index in [1.165, 1.54) is 29.2 Å². The summed E-state index contributed by atoms with van der Waals surface area (Å²) >= 11 is 0. The Labute approximate surface area is 380 Å². The van der Waals surface area contributed by atoms with Crippen LogP contribution in [0.2, 0.25) is 0 Å². The zero-order valence-corrected chi connectivity index (χ0v) is 38.7. The van der Waals surface area contributed by atoms with Crippen molar-refractivity contribution < 1.29 is 41.9 Å². The molecule has 6 N–H and O–H groups in total. The quantitative estimate of drug-likeness (QED) is 0.0937. The van der Waals surface area contributed by atoms with Crippen molar-refractivity contribution in [3.8, 4) is 22.8 Å². The number of carbonyl (C=O) groups is 5. The molecule has 1 aliphatic carbocycles. The number of benzene rings is 3. The minimum absolute atomic E-state index is 0.0452. The van der Waals surface area contributed by atoms with Crippen molar-refractivity contribution >= 4 is 50.6 Å². The van der Waals surface area contributed by atoms with Gasteiger partial charge in [-0.2, -0.15) is 0 Å². The van der Waals surface area contributed by atoms with E-state index >= 15 is 0 Å². The molecule has 0 bridgehead atoms. The molecule has 1 aromatic heterocycles. The number of carbonyl (C=O) groups excluding carboxylic acids is 5. The maximum atomic E-state index is 14.7. The monoisotopic (exact) mass is 911 g/mol. The van der Waals surface area contributed by atoms with Crippen LogP contribution < -0.4 is 35.9 Å². The first-order valence-electron chi connectivity index (χ1n) is 22.2. The standard InChI is InChI=1S/C48H61N7O9S/c1-7-17-36(42(56)54-65(61,62)34-22-15-10-16-23-34)51-43(57)39-27-33(64-40-28-37(30-18-11-8-12-19-30)50-38-26-32(63-6)24-25-35(38)40)29-55(39)46(60)52-41(47(2,3)4)44(58)53-48(5,45(49)59)31-20-13-9-14-21-31/h8,10-12,15-16,18-19,22-26,28,31,33,36,39,41H,7,9,13-14,17,20-21,27,29H2,1-6H3,(H2,49,59)(H,51,57)(H,52,60)(H,53,58)(H,54,56). The zero-order valence-electron chi connectivity index (χ0n) is 37.9. The second-order valence-corrected chi connectivity index (χ2v) is 19.9. The van der Waals surface area contributed by atoms with Crippen LogP contribution in [0.4, 0.5) is 4.79 Å². The molecule has 3 aromatic carbocycles. The van der Waals surface area contributed by atoms with E-state index in [2.05, 4.69) is 20.7 Å². The van der Waals surface area contributed by atoms with Crippen molar-refractivity contribution in [2.75, 3.05) is 13.7 Å². The molecule has 5 atom stereocenters. The molecule has 16 nitrogen and oxygen atoms in total. The lowest BCUT2D eigenvalue weighted by Crippen LogP contribution is -2.66. The van der Waals surface area contributed by atoms with E-state index in [1.54, 1.807) is 66.0 Å². The number of aromatic nitrogens is 1. The van der Waals surface area contributed by atoms with Crippen molar-refractivity contribution in [3.05, 3.63) is 84.9 Å². The summed E-state index contributed by atoms with van der Waals surface area (Å²) < 4.78 is 40.6. The van der Waals surface area contributed by atoms with Crippen LogP contribution in [0.15, 0.2) is 89.8 Å². The van der Waals surface area contributed by atoms with E-state index < -0.39 is 74.9 Å². The molecule has 2 aliphatic rings. The van der Waals surface area contributed by atoms with Gasteiger partial charge >= 0.3 is 6.03 Å². The van der Waals surface area contributed by atoms with Crippen LogP contribution in [-0.2, 0) is 29.2 Å². The van der Waals surface area contributed by atoms with Crippen LogP contribution >= 0.6 is 0 Å². The van der Waals surface area contributed by atoms with Crippen LogP contribution in [0.3, 0.4) is 0 Å². The van der Waals surface area contributed by atoms with Gasteiger partial charge in [-0.15, -0.1) is 0 Å². The highest BCUT2D eigenvalue weighted by Gasteiger charge is 2.47. The van der Waals surface area contributed by atoms with Gasteiger partial charge in [-0.05, 0) is 61.8 Å². The van der Waals surface area contributed by atoms with Gasteiger partial charge in [0.2, 0.25) is 17.7 Å². The number of nitrogens with zero attached hydrogens (tertiary/aromatic N) is 2. The van der Waals surface area contributed by atoms with Gasteiger partial charge in [-0.3, -0.25) is 19.2 Å². The highest BCUT2D eigenvalue weighted by molar-refractivity contribution is 7.90. The normalized spacial score (nSPS) is 18.7. The molecule has 348 valence electrons. The summed E-state index contributed by atoms with van der Waals surface area (Å²) in [5.41, 5.74) is 5.69. The Hall–Kier alpha value is -6.23. The summed E-state index contributed by atoms with van der Waals surface area (Å²) in [4.78, 5) is 76.0. The number of primary amides is 1. The maximum absolute atomic E-state index is 14.7. The molecule has 2 heterocycles. The van der Waals surface area contributed by atoms with Gasteiger partial charge in [0.1, 0.15) is 41.3 Å². The molecular formula is C48H61N7O9S. The minimum Gasteiger partial charge on any atom is -0.497 e. The lowest BCUT2D eigenvalue weighted by molar-refractivity contribution is -0.136. The lowest BCUT2D eigenvalue weighted by atomic mass is 9.74. The number of urea groups is 1. The second kappa shape index (κ2) is 20.3. The van der Waals surface area contributed by atoms with E-state index in [1.807, 2.05) is 36.4 Å². The van der Waals surface area contributed by atoms with Crippen molar-refractivity contribution in [1.82, 2.24) is 30.6 Å². The summed E-state index contributed by atoms with van der Waals surface area (Å²) in [6.45, 7) is 8.59. The topological polar surface area (TPSA) is 228 Å². The van der Waals surface area contributed by atoms with E-state index in [-0.39, 0.29) is 30.2 Å². The van der Waals surface area contributed by atoms with E-state index in [4.69, 9.17) is 20.2 Å². The Morgan fingerprint density at radius 1 is 0.877 bits per heavy atom. The predicted molar refractivity (Wildman–Crippen MR) is 246 cm³/mol. The Bertz CT molecular complexity index is 2480. The summed E-state index contributed by atoms with van der Waals surface area (Å²) in [7, 11) is -2.72. The molecule has 4 aromatic rings. The van der Waals surface area contributed by atoms with Crippen molar-refractivity contribution in [1.29, 1.82) is 0 Å². The van der Waals surface area contributed by atoms with Crippen LogP contribution in [0, 0.1) is 11.3 Å². The van der Waals surface area contributed by atoms with Crippen molar-refractivity contribution in [2.45, 2.75) is 121 Å². The van der Waals surface area contributed by atoms with Crippen LogP contribution in [0.1, 0.15) is 86.0 Å². The molecule has 1 saturated carbocycles. The molecule has 0 radical (unpaired) electrons. The molecule has 1 aliphatic heterocycles. The van der Waals surface area contributed by atoms with E-state index in [9.17, 15) is 32.4 Å². The average molecular weight is 912 g/mol. The Morgan fingerprint density at radius 3 is 2.15 bits per heavy atom. The van der Waals surface area contributed by atoms with Crippen LogP contribution in [-0.4, -0.2) is 91.4 Å². The molecule has 6 rings (SSSR count). The smallest absolute Gasteiger partial charge is 0.318 e. The fourth-order valence-corrected chi connectivity index (χ4v) is 9.68. The number of fused-ring (bicyclic) bond motifs is 1. The summed E-state index contributed by atoms with van der Waals surface area (Å²) in [5.74, 6) is -2.15. The van der Waals surface area contributed by atoms with Gasteiger partial charge in [0.25, 0.3) is 15.9 Å². The number of nitrogens with two attached hydrogens (primary N) is 1. The molecular weight excluding hydrogens is 851 g/mol. The molecule has 17 heteroatoms. The lowest BCUT2D eigenvalue weighted by Gasteiger charge is -2.40. The summed E-state index contributed by atoms with van der Waals surface area (Å²) in [6.07, 6.45) is 3.87. The fourth-order valence-electron chi connectivity index (χ4n) is 8.64. The number of methoxy groups -OCH3 is 1. The minimum atomic E-state index is -4.28. The Morgan fingerprint density at radius 2 is 1.54 bits per heavy atom. The first kappa shape index (κ1) is 48.2. The summed E-state index contributed by atoms with van der Waals surface area (Å²) in [6, 6.07) is 19.5. The number of likely N-dealkylation sites (tertiary alicyclic amines) is 1. The number of amides is 6. The van der Waals surface area contributed by atoms with Gasteiger partial charge in [-0.1, -0.05) is 102 Å². The number of rotatable bonds is 16. The fraction of sp³-hybridized carbons (Fsp3) is 0.458. The first-order chi connectivity index (χ1) is 30.8. The van der Waals surface area contributed by atoms with Gasteiger partial charge in [0, 0.05) is 29.5 Å². The Balaban J connectivity index is 1.32. The number of hydrogen-bond donors (Lipinski definition) is 5. The third kappa shape index (κ3) is 11.4. The molecule has 2 fully saturated rings. The highest BCUT2D eigenvalue weighted by Crippen LogP contribution is 2.36. The summed E-state index contributed by atoms with van der Waals surface area (Å²) in [5, 5.41) is 9.13. The zero-order chi connectivity index (χ0) is 47.1. The van der Waals surface area contributed by atoms with Gasteiger partial charge < -0.3 is 36.1 Å². The predicted octanol–water partition coefficient (Wildman–Crippen LogP) is 5.59. The van der Waals surface area contributed by atoms with Gasteiger partial charge in [-0.25, -0.2) is 22.9 Å². The van der Waals surface area contributed by atoms with Crippen LogP contribution in [0.5, 0.6) is 11.5 Å². The van der Waals surface area contributed by atoms with Crippen molar-refractivity contribution in [3.63, 3.8) is 0 Å². The average Bonchev–Trinajstić information content (AvgIpc) is 3.72. The Kier molecular flexibility index (Phi) is 15.1. The molecule has 5 unspecified atom stereocenters. The number of nitrogens with one attached hydrogen (secondary N) is 4. The van der Waals surface area contributed by atoms with E-state index in [0.717, 1.165) is 24.8 Å². The van der Waals surface area contributed by atoms with Crippen molar-refractivity contribution in [2.24, 2.45) is 17.1 Å². The highest BCUT2D eigenvalue weighted by atomic mass is 32.2. The maximum Gasteiger partial charge on any atom is 0.318 e. The van der Waals surface area contributed by atoms with E-state index in [0.29, 0.717) is 47.4 Å². The molecule has 65 heavy (non-hydrogen) atoms.